The Balaban J connectivity index is 1.65. The van der Waals surface area contributed by atoms with Crippen molar-refractivity contribution >= 4 is 5.96 Å². The molecule has 8 heteroatoms. The molecule has 1 aromatic heterocycles. The van der Waals surface area contributed by atoms with Crippen molar-refractivity contribution in [3.63, 3.8) is 0 Å². The molecule has 0 amide bonds. The number of aromatic nitrogens is 3. The maximum atomic E-state index is 5.50. The SMILES string of the molecule is CN=C(NCc1cccc(-c2ncn[nH]2)c1)N(C)Cc1ccc(OC)cc1OC. The first-order chi connectivity index (χ1) is 14.1. The normalized spacial score (nSPS) is 11.2. The fourth-order valence-corrected chi connectivity index (χ4v) is 3.05. The summed E-state index contributed by atoms with van der Waals surface area (Å²) in [5.41, 5.74) is 3.16. The average molecular weight is 394 g/mol. The van der Waals surface area contributed by atoms with Gasteiger partial charge in [0.15, 0.2) is 11.8 Å². The Morgan fingerprint density at radius 2 is 2.03 bits per heavy atom. The first kappa shape index (κ1) is 20.2. The van der Waals surface area contributed by atoms with Crippen LogP contribution in [0.15, 0.2) is 53.8 Å². The van der Waals surface area contributed by atoms with E-state index in [9.17, 15) is 0 Å². The van der Waals surface area contributed by atoms with Crippen LogP contribution in [0.1, 0.15) is 11.1 Å². The molecule has 2 aromatic carbocycles. The summed E-state index contributed by atoms with van der Waals surface area (Å²) in [5.74, 6) is 3.08. The van der Waals surface area contributed by atoms with Gasteiger partial charge in [0.1, 0.15) is 17.8 Å². The number of H-pyrrole nitrogens is 1. The summed E-state index contributed by atoms with van der Waals surface area (Å²) in [4.78, 5) is 10.6. The number of hydrogen-bond acceptors (Lipinski definition) is 5. The standard InChI is InChI=1S/C21H26N6O2/c1-22-21(27(2)13-17-8-9-18(28-3)11-19(17)29-4)23-12-15-6-5-7-16(10-15)20-24-14-25-26-20/h5-11,14H,12-13H2,1-4H3,(H,22,23)(H,24,25,26). The van der Waals surface area contributed by atoms with Gasteiger partial charge in [-0.3, -0.25) is 10.1 Å². The highest BCUT2D eigenvalue weighted by Crippen LogP contribution is 2.25. The summed E-state index contributed by atoms with van der Waals surface area (Å²) in [7, 11) is 7.07. The van der Waals surface area contributed by atoms with E-state index in [-0.39, 0.29) is 0 Å². The minimum atomic E-state index is 0.638. The lowest BCUT2D eigenvalue weighted by Crippen LogP contribution is -2.38. The molecular weight excluding hydrogens is 368 g/mol. The monoisotopic (exact) mass is 394 g/mol. The van der Waals surface area contributed by atoms with Crippen molar-refractivity contribution in [1.29, 1.82) is 0 Å². The lowest BCUT2D eigenvalue weighted by molar-refractivity contribution is 0.382. The zero-order valence-electron chi connectivity index (χ0n) is 17.1. The Morgan fingerprint density at radius 3 is 2.72 bits per heavy atom. The van der Waals surface area contributed by atoms with E-state index in [2.05, 4.69) is 37.6 Å². The maximum absolute atomic E-state index is 5.50. The van der Waals surface area contributed by atoms with Crippen LogP contribution in [-0.4, -0.2) is 54.4 Å². The van der Waals surface area contributed by atoms with E-state index in [4.69, 9.17) is 9.47 Å². The lowest BCUT2D eigenvalue weighted by atomic mass is 10.1. The first-order valence-corrected chi connectivity index (χ1v) is 9.22. The predicted octanol–water partition coefficient (Wildman–Crippen LogP) is 2.70. The van der Waals surface area contributed by atoms with E-state index >= 15 is 0 Å². The molecule has 0 bridgehead atoms. The number of benzene rings is 2. The summed E-state index contributed by atoms with van der Waals surface area (Å²) < 4.78 is 10.8. The molecule has 0 unspecified atom stereocenters. The molecular formula is C21H26N6O2. The van der Waals surface area contributed by atoms with E-state index in [1.54, 1.807) is 21.3 Å². The molecule has 0 aliphatic rings. The molecule has 8 nitrogen and oxygen atoms in total. The molecule has 152 valence electrons. The maximum Gasteiger partial charge on any atom is 0.193 e. The van der Waals surface area contributed by atoms with Gasteiger partial charge in [-0.1, -0.05) is 18.2 Å². The van der Waals surface area contributed by atoms with Crippen molar-refractivity contribution < 1.29 is 9.47 Å². The quantitative estimate of drug-likeness (QED) is 0.473. The highest BCUT2D eigenvalue weighted by Gasteiger charge is 2.11. The Labute approximate surface area is 170 Å². The smallest absolute Gasteiger partial charge is 0.193 e. The highest BCUT2D eigenvalue weighted by molar-refractivity contribution is 5.79. The third kappa shape index (κ3) is 5.04. The van der Waals surface area contributed by atoms with Gasteiger partial charge in [-0.2, -0.15) is 5.10 Å². The van der Waals surface area contributed by atoms with E-state index in [1.807, 2.05) is 42.3 Å². The van der Waals surface area contributed by atoms with E-state index in [0.29, 0.717) is 13.1 Å². The van der Waals surface area contributed by atoms with Gasteiger partial charge in [0.25, 0.3) is 0 Å². The van der Waals surface area contributed by atoms with Gasteiger partial charge in [-0.05, 0) is 23.8 Å². The number of guanidine groups is 1. The van der Waals surface area contributed by atoms with E-state index < -0.39 is 0 Å². The van der Waals surface area contributed by atoms with Gasteiger partial charge < -0.3 is 19.7 Å². The van der Waals surface area contributed by atoms with Gasteiger partial charge in [-0.25, -0.2) is 4.98 Å². The average Bonchev–Trinajstić information content (AvgIpc) is 3.29. The summed E-state index contributed by atoms with van der Waals surface area (Å²) in [6.07, 6.45) is 1.50. The van der Waals surface area contributed by atoms with Crippen molar-refractivity contribution in [2.75, 3.05) is 28.3 Å². The van der Waals surface area contributed by atoms with Gasteiger partial charge >= 0.3 is 0 Å². The second kappa shape index (κ2) is 9.59. The van der Waals surface area contributed by atoms with E-state index in [1.165, 1.54) is 6.33 Å². The van der Waals surface area contributed by atoms with Crippen LogP contribution in [0.2, 0.25) is 0 Å². The van der Waals surface area contributed by atoms with Crippen molar-refractivity contribution in [2.45, 2.75) is 13.1 Å². The van der Waals surface area contributed by atoms with Gasteiger partial charge in [0, 0.05) is 44.4 Å². The second-order valence-electron chi connectivity index (χ2n) is 6.47. The van der Waals surface area contributed by atoms with Crippen molar-refractivity contribution in [2.24, 2.45) is 4.99 Å². The summed E-state index contributed by atoms with van der Waals surface area (Å²) in [5, 5.41) is 10.2. The number of methoxy groups -OCH3 is 2. The molecule has 0 radical (unpaired) electrons. The molecule has 0 saturated heterocycles. The van der Waals surface area contributed by atoms with E-state index in [0.717, 1.165) is 40.0 Å². The van der Waals surface area contributed by atoms with Gasteiger partial charge in [0.05, 0.1) is 14.2 Å². The Hall–Kier alpha value is -3.55. The third-order valence-corrected chi connectivity index (χ3v) is 4.54. The van der Waals surface area contributed by atoms with Crippen LogP contribution in [0.25, 0.3) is 11.4 Å². The Bertz CT molecular complexity index is 956. The minimum absolute atomic E-state index is 0.638. The fraction of sp³-hybridized carbons (Fsp3) is 0.286. The molecule has 0 saturated carbocycles. The molecule has 0 atom stereocenters. The van der Waals surface area contributed by atoms with Crippen molar-refractivity contribution in [3.05, 3.63) is 59.9 Å². The molecule has 0 aliphatic heterocycles. The van der Waals surface area contributed by atoms with Crippen molar-refractivity contribution in [1.82, 2.24) is 25.4 Å². The van der Waals surface area contributed by atoms with Crippen LogP contribution in [-0.2, 0) is 13.1 Å². The largest absolute Gasteiger partial charge is 0.497 e. The highest BCUT2D eigenvalue weighted by atomic mass is 16.5. The number of hydrogen-bond donors (Lipinski definition) is 2. The van der Waals surface area contributed by atoms with Gasteiger partial charge in [-0.15, -0.1) is 0 Å². The number of aromatic amines is 1. The third-order valence-electron chi connectivity index (χ3n) is 4.54. The lowest BCUT2D eigenvalue weighted by Gasteiger charge is -2.23. The van der Waals surface area contributed by atoms with Crippen LogP contribution in [0.4, 0.5) is 0 Å². The van der Waals surface area contributed by atoms with Crippen LogP contribution in [0.3, 0.4) is 0 Å². The summed E-state index contributed by atoms with van der Waals surface area (Å²) in [6.45, 7) is 1.28. The van der Waals surface area contributed by atoms with Crippen LogP contribution < -0.4 is 14.8 Å². The molecule has 0 fully saturated rings. The topological polar surface area (TPSA) is 87.7 Å². The molecule has 0 aliphatic carbocycles. The molecule has 3 rings (SSSR count). The van der Waals surface area contributed by atoms with Crippen LogP contribution in [0, 0.1) is 0 Å². The van der Waals surface area contributed by atoms with Crippen LogP contribution in [0.5, 0.6) is 11.5 Å². The number of nitrogens with one attached hydrogen (secondary N) is 2. The fourth-order valence-electron chi connectivity index (χ4n) is 3.05. The molecule has 29 heavy (non-hydrogen) atoms. The van der Waals surface area contributed by atoms with Crippen molar-refractivity contribution in [3.8, 4) is 22.9 Å². The molecule has 0 spiro atoms. The first-order valence-electron chi connectivity index (χ1n) is 9.22. The molecule has 2 N–H and O–H groups in total. The number of rotatable bonds is 7. The predicted molar refractivity (Wildman–Crippen MR) is 113 cm³/mol. The number of aliphatic imine (C=N–C) groups is 1. The summed E-state index contributed by atoms with van der Waals surface area (Å²) in [6, 6.07) is 14.0. The molecule has 1 heterocycles. The van der Waals surface area contributed by atoms with Gasteiger partial charge in [0.2, 0.25) is 0 Å². The Morgan fingerprint density at radius 1 is 1.17 bits per heavy atom. The zero-order chi connectivity index (χ0) is 20.6. The van der Waals surface area contributed by atoms with Crippen LogP contribution >= 0.6 is 0 Å². The number of nitrogens with zero attached hydrogens (tertiary/aromatic N) is 4. The molecule has 3 aromatic rings. The second-order valence-corrected chi connectivity index (χ2v) is 6.47. The summed E-state index contributed by atoms with van der Waals surface area (Å²) >= 11 is 0. The minimum Gasteiger partial charge on any atom is -0.497 e. The Kier molecular flexibility index (Phi) is 6.67. The number of ether oxygens (including phenoxy) is 2. The zero-order valence-corrected chi connectivity index (χ0v) is 17.1.